The summed E-state index contributed by atoms with van der Waals surface area (Å²) in [6.07, 6.45) is 11.3. The van der Waals surface area contributed by atoms with Crippen LogP contribution in [0, 0.1) is 28.6 Å². The number of rotatable bonds is 4. The van der Waals surface area contributed by atoms with Gasteiger partial charge in [-0.1, -0.05) is 25.5 Å². The molecule has 0 aromatic carbocycles. The van der Waals surface area contributed by atoms with Gasteiger partial charge in [-0.25, -0.2) is 0 Å². The van der Waals surface area contributed by atoms with Crippen molar-refractivity contribution in [2.24, 2.45) is 28.6 Å². The molecule has 3 saturated carbocycles. The zero-order valence-electron chi connectivity index (χ0n) is 21.7. The Morgan fingerprint density at radius 3 is 2.10 bits per heavy atom. The predicted molar refractivity (Wildman–Crippen MR) is 134 cm³/mol. The van der Waals surface area contributed by atoms with Crippen LogP contribution in [0.5, 0.6) is 0 Å². The average molecular weight is 465 g/mol. The Bertz CT molecular complexity index is 734. The molecule has 8 atom stereocenters. The Morgan fingerprint density at radius 1 is 0.839 bits per heavy atom. The van der Waals surface area contributed by atoms with Crippen molar-refractivity contribution in [3.8, 4) is 0 Å². The highest BCUT2D eigenvalue weighted by molar-refractivity contribution is 6.70. The molecule has 1 N–H and O–H groups in total. The molecule has 178 valence electrons. The highest BCUT2D eigenvalue weighted by Crippen LogP contribution is 2.67. The van der Waals surface area contributed by atoms with Crippen LogP contribution >= 0.6 is 0 Å². The smallest absolute Gasteiger partial charge is 0.184 e. The van der Waals surface area contributed by atoms with Gasteiger partial charge in [0.15, 0.2) is 16.6 Å². The first-order valence-electron chi connectivity index (χ1n) is 12.9. The van der Waals surface area contributed by atoms with E-state index in [0.717, 1.165) is 6.42 Å². The molecule has 5 heteroatoms. The average Bonchev–Trinajstić information content (AvgIpc) is 2.89. The molecule has 3 fully saturated rings. The number of fused-ring (bicyclic) bond motifs is 5. The van der Waals surface area contributed by atoms with Crippen LogP contribution in [-0.2, 0) is 8.85 Å². The molecule has 3 unspecified atom stereocenters. The van der Waals surface area contributed by atoms with Gasteiger partial charge in [0, 0.05) is 6.10 Å². The topological polar surface area (TPSA) is 38.7 Å². The van der Waals surface area contributed by atoms with Crippen LogP contribution in [0.15, 0.2) is 11.6 Å². The first-order chi connectivity index (χ1) is 14.1. The summed E-state index contributed by atoms with van der Waals surface area (Å²) in [6.45, 7) is 21.0. The molecule has 0 saturated heterocycles. The second-order valence-electron chi connectivity index (χ2n) is 14.0. The van der Waals surface area contributed by atoms with E-state index in [9.17, 15) is 5.11 Å². The summed E-state index contributed by atoms with van der Waals surface area (Å²) >= 11 is 0. The molecule has 0 heterocycles. The second kappa shape index (κ2) is 7.53. The van der Waals surface area contributed by atoms with E-state index < -0.39 is 22.2 Å². The van der Waals surface area contributed by atoms with E-state index in [0.29, 0.717) is 30.0 Å². The van der Waals surface area contributed by atoms with Crippen molar-refractivity contribution < 1.29 is 14.0 Å². The summed E-state index contributed by atoms with van der Waals surface area (Å²) < 4.78 is 13.3. The van der Waals surface area contributed by atoms with Crippen LogP contribution in [0.4, 0.5) is 0 Å². The van der Waals surface area contributed by atoms with Gasteiger partial charge in [0.2, 0.25) is 0 Å². The lowest BCUT2D eigenvalue weighted by Crippen LogP contribution is -2.59. The predicted octanol–water partition coefficient (Wildman–Crippen LogP) is 6.75. The Hall–Kier alpha value is 0.0538. The number of aliphatic hydroxyl groups is 1. The van der Waals surface area contributed by atoms with Crippen LogP contribution in [0.1, 0.15) is 65.7 Å². The number of hydrogen-bond donors (Lipinski definition) is 1. The lowest BCUT2D eigenvalue weighted by atomic mass is 9.45. The minimum absolute atomic E-state index is 0.214. The van der Waals surface area contributed by atoms with Gasteiger partial charge < -0.3 is 14.0 Å². The molecule has 31 heavy (non-hydrogen) atoms. The zero-order valence-corrected chi connectivity index (χ0v) is 23.7. The largest absolute Gasteiger partial charge is 0.414 e. The molecule has 0 aromatic heterocycles. The summed E-state index contributed by atoms with van der Waals surface area (Å²) in [4.78, 5) is 0. The van der Waals surface area contributed by atoms with Gasteiger partial charge >= 0.3 is 0 Å². The third-order valence-electron chi connectivity index (χ3n) is 9.33. The maximum atomic E-state index is 11.9. The fourth-order valence-corrected chi connectivity index (χ4v) is 10.6. The maximum Gasteiger partial charge on any atom is 0.184 e. The van der Waals surface area contributed by atoms with Crippen LogP contribution in [-0.4, -0.2) is 39.6 Å². The molecule has 0 aromatic rings. The van der Waals surface area contributed by atoms with Crippen LogP contribution in [0.2, 0.25) is 39.3 Å². The summed E-state index contributed by atoms with van der Waals surface area (Å²) in [7, 11) is -3.13. The van der Waals surface area contributed by atoms with Crippen molar-refractivity contribution in [2.45, 2.75) is 123 Å². The SMILES string of the molecule is CC1(O)C=C2CC(O[Si](C)(C)C)CC[C@]2(C)[C@@H]2CC[C@]3(C)C(O[Si](C)(C)C)CC[C@H]3[C@@H]21. The van der Waals surface area contributed by atoms with Crippen LogP contribution in [0.25, 0.3) is 0 Å². The van der Waals surface area contributed by atoms with E-state index in [1.165, 1.54) is 44.1 Å². The van der Waals surface area contributed by atoms with Gasteiger partial charge in [-0.2, -0.15) is 0 Å². The first-order valence-corrected chi connectivity index (χ1v) is 19.7. The summed E-state index contributed by atoms with van der Waals surface area (Å²) in [6, 6.07) is 0. The third kappa shape index (κ3) is 4.31. The molecule has 0 amide bonds. The minimum atomic E-state index is -1.58. The molecule has 4 aliphatic carbocycles. The molecule has 0 aliphatic heterocycles. The molecule has 0 radical (unpaired) electrons. The first kappa shape index (κ1) is 24.2. The quantitative estimate of drug-likeness (QED) is 0.369. The van der Waals surface area contributed by atoms with E-state index in [1.807, 2.05) is 0 Å². The second-order valence-corrected chi connectivity index (χ2v) is 22.9. The van der Waals surface area contributed by atoms with Crippen LogP contribution < -0.4 is 0 Å². The Balaban J connectivity index is 1.64. The molecule has 0 bridgehead atoms. The summed E-state index contributed by atoms with van der Waals surface area (Å²) in [5.74, 6) is 1.50. The summed E-state index contributed by atoms with van der Waals surface area (Å²) in [5, 5.41) is 11.9. The fourth-order valence-electron chi connectivity index (χ4n) is 8.14. The van der Waals surface area contributed by atoms with E-state index in [4.69, 9.17) is 8.85 Å². The Morgan fingerprint density at radius 2 is 1.48 bits per heavy atom. The Kier molecular flexibility index (Phi) is 5.87. The third-order valence-corrected chi connectivity index (χ3v) is 11.4. The van der Waals surface area contributed by atoms with Crippen LogP contribution in [0.3, 0.4) is 0 Å². The van der Waals surface area contributed by atoms with Crippen molar-refractivity contribution in [3.63, 3.8) is 0 Å². The molecular weight excluding hydrogens is 416 g/mol. The van der Waals surface area contributed by atoms with Crippen molar-refractivity contribution >= 4 is 16.6 Å². The summed E-state index contributed by atoms with van der Waals surface area (Å²) in [5.41, 5.74) is 1.21. The Labute approximate surface area is 193 Å². The fraction of sp³-hybridized carbons (Fsp3) is 0.923. The van der Waals surface area contributed by atoms with Gasteiger partial charge in [0.05, 0.1) is 11.7 Å². The van der Waals surface area contributed by atoms with Crippen molar-refractivity contribution in [1.82, 2.24) is 0 Å². The highest BCUT2D eigenvalue weighted by Gasteiger charge is 2.63. The molecular formula is C26H48O3Si2. The van der Waals surface area contributed by atoms with Gasteiger partial charge in [-0.15, -0.1) is 0 Å². The standard InChI is InChI=1S/C26H48O3Si2/c1-24-14-12-19(28-30(4,5)6)16-18(24)17-26(3,27)23-20-10-11-22(29-31(7,8)9)25(20,2)15-13-21(23)24/h17,19-23,27H,10-16H2,1-9H3/t19?,20-,21+,22?,23-,24-,25-,26?/m0/s1. The monoisotopic (exact) mass is 464 g/mol. The van der Waals surface area contributed by atoms with Crippen molar-refractivity contribution in [1.29, 1.82) is 0 Å². The maximum absolute atomic E-state index is 11.9. The van der Waals surface area contributed by atoms with E-state index in [-0.39, 0.29) is 10.8 Å². The van der Waals surface area contributed by atoms with Crippen molar-refractivity contribution in [2.75, 3.05) is 0 Å². The molecule has 0 spiro atoms. The molecule has 3 nitrogen and oxygen atoms in total. The van der Waals surface area contributed by atoms with Crippen molar-refractivity contribution in [3.05, 3.63) is 11.6 Å². The van der Waals surface area contributed by atoms with Gasteiger partial charge in [-0.3, -0.25) is 0 Å². The van der Waals surface area contributed by atoms with Gasteiger partial charge in [0.25, 0.3) is 0 Å². The molecule has 4 rings (SSSR count). The van der Waals surface area contributed by atoms with E-state index >= 15 is 0 Å². The lowest BCUT2D eigenvalue weighted by molar-refractivity contribution is -0.136. The minimum Gasteiger partial charge on any atom is -0.414 e. The molecule has 4 aliphatic rings. The highest BCUT2D eigenvalue weighted by atomic mass is 28.4. The number of hydrogen-bond acceptors (Lipinski definition) is 3. The van der Waals surface area contributed by atoms with E-state index in [1.54, 1.807) is 0 Å². The lowest BCUT2D eigenvalue weighted by Gasteiger charge is -2.62. The zero-order chi connectivity index (χ0) is 23.0. The van der Waals surface area contributed by atoms with E-state index in [2.05, 4.69) is 66.1 Å². The van der Waals surface area contributed by atoms with Gasteiger partial charge in [0.1, 0.15) is 0 Å². The van der Waals surface area contributed by atoms with Gasteiger partial charge in [-0.05, 0) is 120 Å². The normalized spacial score (nSPS) is 47.9.